The van der Waals surface area contributed by atoms with E-state index in [1.54, 1.807) is 23.2 Å². The van der Waals surface area contributed by atoms with Crippen molar-refractivity contribution in [3.05, 3.63) is 59.9 Å². The third kappa shape index (κ3) is 2.87. The quantitative estimate of drug-likeness (QED) is 0.573. The van der Waals surface area contributed by atoms with Gasteiger partial charge >= 0.3 is 0 Å². The van der Waals surface area contributed by atoms with Crippen LogP contribution in [0.2, 0.25) is 0 Å². The van der Waals surface area contributed by atoms with Gasteiger partial charge in [-0.1, -0.05) is 22.9 Å². The van der Waals surface area contributed by atoms with E-state index in [1.807, 2.05) is 6.92 Å². The Morgan fingerprint density at radius 1 is 1.29 bits per heavy atom. The fourth-order valence-electron chi connectivity index (χ4n) is 1.33. The van der Waals surface area contributed by atoms with Crippen molar-refractivity contribution in [3.8, 4) is 0 Å². The highest BCUT2D eigenvalue weighted by Gasteiger charge is 1.97. The van der Waals surface area contributed by atoms with E-state index in [0.29, 0.717) is 5.56 Å². The molecule has 0 atom stereocenters. The van der Waals surface area contributed by atoms with Gasteiger partial charge < -0.3 is 5.11 Å². The number of rotatable bonds is 2. The van der Waals surface area contributed by atoms with Crippen molar-refractivity contribution in [1.82, 2.24) is 4.98 Å². The van der Waals surface area contributed by atoms with E-state index >= 15 is 0 Å². The van der Waals surface area contributed by atoms with Crippen LogP contribution in [0.1, 0.15) is 11.3 Å². The van der Waals surface area contributed by atoms with Crippen LogP contribution in [0.4, 0.5) is 4.39 Å². The molecule has 0 spiro atoms. The SMILES string of the molecule is Cc1cc[n+](/C=C(/[O-])c2ccc(F)cc2)cn1. The van der Waals surface area contributed by atoms with E-state index < -0.39 is 0 Å². The molecule has 1 aromatic carbocycles. The molecule has 2 aromatic rings. The molecule has 0 fully saturated rings. The van der Waals surface area contributed by atoms with Crippen LogP contribution in [-0.4, -0.2) is 4.98 Å². The second-order valence-corrected chi connectivity index (χ2v) is 3.65. The van der Waals surface area contributed by atoms with Gasteiger partial charge in [-0.3, -0.25) is 0 Å². The fourth-order valence-corrected chi connectivity index (χ4v) is 1.33. The molecule has 3 nitrogen and oxygen atoms in total. The van der Waals surface area contributed by atoms with Crippen LogP contribution in [0, 0.1) is 12.7 Å². The van der Waals surface area contributed by atoms with Crippen LogP contribution in [0.15, 0.2) is 42.9 Å². The van der Waals surface area contributed by atoms with Gasteiger partial charge in [0, 0.05) is 13.0 Å². The van der Waals surface area contributed by atoms with Gasteiger partial charge in [-0.05, 0) is 17.7 Å². The first-order chi connectivity index (χ1) is 8.15. The van der Waals surface area contributed by atoms with Crippen LogP contribution in [-0.2, 0) is 0 Å². The lowest BCUT2D eigenvalue weighted by molar-refractivity contribution is -0.573. The molecule has 0 saturated heterocycles. The minimum Gasteiger partial charge on any atom is -0.870 e. The summed E-state index contributed by atoms with van der Waals surface area (Å²) < 4.78 is 14.3. The first-order valence-corrected chi connectivity index (χ1v) is 5.13. The van der Waals surface area contributed by atoms with Gasteiger partial charge in [0.25, 0.3) is 6.33 Å². The molecular formula is C13H11FN2O. The first-order valence-electron chi connectivity index (χ1n) is 5.13. The van der Waals surface area contributed by atoms with Crippen LogP contribution < -0.4 is 9.67 Å². The fraction of sp³-hybridized carbons (Fsp3) is 0.0769. The van der Waals surface area contributed by atoms with Gasteiger partial charge in [0.2, 0.25) is 0 Å². The standard InChI is InChI=1S/C13H11FN2O/c1-10-6-7-16(9-15-10)8-13(17)11-2-4-12(14)5-3-11/h2-9H,1H3/b13-8+. The summed E-state index contributed by atoms with van der Waals surface area (Å²) in [6, 6.07) is 7.24. The molecule has 1 aromatic heterocycles. The Morgan fingerprint density at radius 3 is 2.59 bits per heavy atom. The second kappa shape index (κ2) is 4.74. The predicted octanol–water partition coefficient (Wildman–Crippen LogP) is 1.13. The molecule has 0 aliphatic rings. The number of hydrogen-bond acceptors (Lipinski definition) is 2. The molecule has 1 heterocycles. The second-order valence-electron chi connectivity index (χ2n) is 3.65. The van der Waals surface area contributed by atoms with Crippen LogP contribution >= 0.6 is 0 Å². The van der Waals surface area contributed by atoms with Crippen molar-refractivity contribution < 1.29 is 14.1 Å². The normalized spacial score (nSPS) is 11.5. The van der Waals surface area contributed by atoms with E-state index in [4.69, 9.17) is 0 Å². The van der Waals surface area contributed by atoms with Gasteiger partial charge in [0.05, 0.1) is 12.4 Å². The molecule has 0 amide bonds. The highest BCUT2D eigenvalue weighted by molar-refractivity contribution is 5.64. The molecule has 0 bridgehead atoms. The lowest BCUT2D eigenvalue weighted by Crippen LogP contribution is -2.27. The van der Waals surface area contributed by atoms with Crippen LogP contribution in [0.3, 0.4) is 0 Å². The van der Waals surface area contributed by atoms with Crippen molar-refractivity contribution in [2.24, 2.45) is 0 Å². The first kappa shape index (κ1) is 11.3. The Balaban J connectivity index is 2.27. The average molecular weight is 230 g/mol. The van der Waals surface area contributed by atoms with E-state index in [-0.39, 0.29) is 11.6 Å². The van der Waals surface area contributed by atoms with Crippen molar-refractivity contribution >= 4 is 12.0 Å². The van der Waals surface area contributed by atoms with Crippen LogP contribution in [0.5, 0.6) is 0 Å². The summed E-state index contributed by atoms with van der Waals surface area (Å²) in [5, 5.41) is 11.8. The van der Waals surface area contributed by atoms with Gasteiger partial charge in [0.15, 0.2) is 5.69 Å². The number of benzene rings is 1. The van der Waals surface area contributed by atoms with Crippen molar-refractivity contribution in [2.45, 2.75) is 6.92 Å². The minimum atomic E-state index is -0.355. The zero-order valence-electron chi connectivity index (χ0n) is 9.30. The predicted molar refractivity (Wildman–Crippen MR) is 59.7 cm³/mol. The largest absolute Gasteiger partial charge is 0.870 e. The van der Waals surface area contributed by atoms with E-state index in [9.17, 15) is 9.50 Å². The summed E-state index contributed by atoms with van der Waals surface area (Å²) in [5.74, 6) is -0.549. The van der Waals surface area contributed by atoms with Crippen LogP contribution in [0.25, 0.3) is 12.0 Å². The molecule has 0 aliphatic carbocycles. The topological polar surface area (TPSA) is 39.8 Å². The maximum absolute atomic E-state index is 12.7. The highest BCUT2D eigenvalue weighted by Crippen LogP contribution is 2.08. The molecule has 17 heavy (non-hydrogen) atoms. The third-order valence-electron chi connectivity index (χ3n) is 2.28. The van der Waals surface area contributed by atoms with E-state index in [1.165, 1.54) is 30.5 Å². The Morgan fingerprint density at radius 2 is 2.00 bits per heavy atom. The molecular weight excluding hydrogens is 219 g/mol. The Labute approximate surface area is 98.5 Å². The molecule has 0 aliphatic heterocycles. The van der Waals surface area contributed by atoms with Crippen molar-refractivity contribution in [3.63, 3.8) is 0 Å². The zero-order chi connectivity index (χ0) is 12.3. The van der Waals surface area contributed by atoms with Gasteiger partial charge in [-0.25, -0.2) is 8.96 Å². The monoisotopic (exact) mass is 230 g/mol. The van der Waals surface area contributed by atoms with Gasteiger partial charge in [-0.2, -0.15) is 0 Å². The Kier molecular flexibility index (Phi) is 3.14. The lowest BCUT2D eigenvalue weighted by atomic mass is 10.2. The Hall–Kier alpha value is -2.23. The summed E-state index contributed by atoms with van der Waals surface area (Å²) in [4.78, 5) is 4.06. The molecule has 2 rings (SSSR count). The highest BCUT2D eigenvalue weighted by atomic mass is 19.1. The summed E-state index contributed by atoms with van der Waals surface area (Å²) in [5.41, 5.74) is 1.32. The number of hydrogen-bond donors (Lipinski definition) is 0. The molecule has 0 N–H and O–H groups in total. The minimum absolute atomic E-state index is 0.194. The number of aryl methyl sites for hydroxylation is 1. The summed E-state index contributed by atoms with van der Waals surface area (Å²) in [6.07, 6.45) is 4.69. The number of halogens is 1. The maximum Gasteiger partial charge on any atom is 0.290 e. The van der Waals surface area contributed by atoms with E-state index in [0.717, 1.165) is 5.69 Å². The van der Waals surface area contributed by atoms with Gasteiger partial charge in [0.1, 0.15) is 5.82 Å². The van der Waals surface area contributed by atoms with Crippen molar-refractivity contribution in [2.75, 3.05) is 0 Å². The molecule has 4 heteroatoms. The Bertz CT molecular complexity index is 532. The molecule has 0 unspecified atom stereocenters. The number of nitrogens with zero attached hydrogens (tertiary/aromatic N) is 2. The molecule has 0 radical (unpaired) electrons. The number of aromatic nitrogens is 2. The average Bonchev–Trinajstić information content (AvgIpc) is 2.33. The summed E-state index contributed by atoms with van der Waals surface area (Å²) >= 11 is 0. The maximum atomic E-state index is 12.7. The smallest absolute Gasteiger partial charge is 0.290 e. The van der Waals surface area contributed by atoms with Crippen molar-refractivity contribution in [1.29, 1.82) is 0 Å². The zero-order valence-corrected chi connectivity index (χ0v) is 9.30. The molecule has 0 saturated carbocycles. The molecule has 86 valence electrons. The van der Waals surface area contributed by atoms with Gasteiger partial charge in [-0.15, -0.1) is 0 Å². The van der Waals surface area contributed by atoms with E-state index in [2.05, 4.69) is 4.98 Å². The third-order valence-corrected chi connectivity index (χ3v) is 2.28. The summed E-state index contributed by atoms with van der Waals surface area (Å²) in [6.45, 7) is 1.87. The lowest BCUT2D eigenvalue weighted by Gasteiger charge is -2.10. The summed E-state index contributed by atoms with van der Waals surface area (Å²) in [7, 11) is 0.